The van der Waals surface area contributed by atoms with Gasteiger partial charge in [0.2, 0.25) is 10.0 Å². The van der Waals surface area contributed by atoms with Gasteiger partial charge < -0.3 is 15.0 Å². The van der Waals surface area contributed by atoms with Gasteiger partial charge in [0.05, 0.1) is 27.7 Å². The first-order valence-electron chi connectivity index (χ1n) is 10.5. The Labute approximate surface area is 208 Å². The van der Waals surface area contributed by atoms with E-state index in [1.165, 1.54) is 22.5 Å². The largest absolute Gasteiger partial charge is 0.495 e. The molecule has 0 radical (unpaired) electrons. The lowest BCUT2D eigenvalue weighted by Crippen LogP contribution is -2.48. The van der Waals surface area contributed by atoms with Crippen LogP contribution in [0.2, 0.25) is 10.0 Å². The third kappa shape index (κ3) is 5.15. The number of piperazine rings is 1. The number of rotatable bonds is 6. The first-order valence-corrected chi connectivity index (χ1v) is 12.7. The molecule has 1 aliphatic heterocycles. The number of halogens is 2. The van der Waals surface area contributed by atoms with E-state index in [9.17, 15) is 13.2 Å². The summed E-state index contributed by atoms with van der Waals surface area (Å²) in [7, 11) is -2.04. The molecule has 0 aromatic heterocycles. The number of amides is 1. The first-order chi connectivity index (χ1) is 16.3. The highest BCUT2D eigenvalue weighted by atomic mass is 35.5. The van der Waals surface area contributed by atoms with Gasteiger partial charge in [0.15, 0.2) is 0 Å². The number of ether oxygens (including phenoxy) is 1. The van der Waals surface area contributed by atoms with Crippen LogP contribution in [0, 0.1) is 0 Å². The summed E-state index contributed by atoms with van der Waals surface area (Å²) in [5, 5.41) is 3.37. The van der Waals surface area contributed by atoms with E-state index < -0.39 is 10.0 Å². The van der Waals surface area contributed by atoms with Crippen LogP contribution in [0.25, 0.3) is 0 Å². The fourth-order valence-corrected chi connectivity index (χ4v) is 5.48. The molecule has 7 nitrogen and oxygen atoms in total. The summed E-state index contributed by atoms with van der Waals surface area (Å²) in [6, 6.07) is 18.4. The molecule has 10 heteroatoms. The lowest BCUT2D eigenvalue weighted by Gasteiger charge is -2.35. The molecule has 1 amide bonds. The number of methoxy groups -OCH3 is 1. The SMILES string of the molecule is COc1ccccc1N1CCN(S(=O)(=O)c2ccc(NC(=O)c3ccc(Cl)c(Cl)c3)cc2)CC1. The van der Waals surface area contributed by atoms with E-state index in [-0.39, 0.29) is 15.8 Å². The predicted molar refractivity (Wildman–Crippen MR) is 135 cm³/mol. The second-order valence-electron chi connectivity index (χ2n) is 7.67. The molecule has 1 fully saturated rings. The molecule has 1 saturated heterocycles. The molecule has 0 atom stereocenters. The minimum absolute atomic E-state index is 0.172. The molecule has 3 aromatic carbocycles. The van der Waals surface area contributed by atoms with Crippen molar-refractivity contribution in [3.05, 3.63) is 82.3 Å². The highest BCUT2D eigenvalue weighted by molar-refractivity contribution is 7.89. The summed E-state index contributed by atoms with van der Waals surface area (Å²) < 4.78 is 33.2. The average Bonchev–Trinajstić information content (AvgIpc) is 2.86. The van der Waals surface area contributed by atoms with Gasteiger partial charge in [0.25, 0.3) is 5.91 Å². The van der Waals surface area contributed by atoms with E-state index in [0.29, 0.717) is 42.5 Å². The molecule has 0 spiro atoms. The van der Waals surface area contributed by atoms with Crippen molar-refractivity contribution in [1.82, 2.24) is 4.31 Å². The maximum absolute atomic E-state index is 13.1. The highest BCUT2D eigenvalue weighted by Crippen LogP contribution is 2.29. The molecular weight excluding hydrogens is 497 g/mol. The van der Waals surface area contributed by atoms with Gasteiger partial charge >= 0.3 is 0 Å². The molecule has 1 aliphatic rings. The van der Waals surface area contributed by atoms with Gasteiger partial charge in [-0.15, -0.1) is 0 Å². The van der Waals surface area contributed by atoms with Crippen LogP contribution in [0.5, 0.6) is 5.75 Å². The van der Waals surface area contributed by atoms with Crippen molar-refractivity contribution in [1.29, 1.82) is 0 Å². The van der Waals surface area contributed by atoms with Crippen LogP contribution in [0.4, 0.5) is 11.4 Å². The smallest absolute Gasteiger partial charge is 0.255 e. The quantitative estimate of drug-likeness (QED) is 0.507. The number of nitrogens with zero attached hydrogens (tertiary/aromatic N) is 2. The Morgan fingerprint density at radius 1 is 0.912 bits per heavy atom. The van der Waals surface area contributed by atoms with Gasteiger partial charge in [0, 0.05) is 37.4 Å². The predicted octanol–water partition coefficient (Wildman–Crippen LogP) is 4.77. The van der Waals surface area contributed by atoms with Crippen LogP contribution in [0.1, 0.15) is 10.4 Å². The monoisotopic (exact) mass is 519 g/mol. The second-order valence-corrected chi connectivity index (χ2v) is 10.4. The maximum atomic E-state index is 13.1. The summed E-state index contributed by atoms with van der Waals surface area (Å²) in [6.45, 7) is 1.82. The Morgan fingerprint density at radius 2 is 1.59 bits per heavy atom. The minimum atomic E-state index is -3.66. The number of hydrogen-bond acceptors (Lipinski definition) is 5. The molecule has 3 aromatic rings. The number of benzene rings is 3. The Bertz CT molecular complexity index is 1290. The van der Waals surface area contributed by atoms with Crippen LogP contribution in [-0.4, -0.2) is 51.9 Å². The van der Waals surface area contributed by atoms with E-state index >= 15 is 0 Å². The van der Waals surface area contributed by atoms with Crippen molar-refractivity contribution in [2.24, 2.45) is 0 Å². The fourth-order valence-electron chi connectivity index (χ4n) is 3.76. The van der Waals surface area contributed by atoms with Crippen molar-refractivity contribution in [2.75, 3.05) is 43.5 Å². The van der Waals surface area contributed by atoms with Gasteiger partial charge in [-0.1, -0.05) is 35.3 Å². The summed E-state index contributed by atoms with van der Waals surface area (Å²) in [5.41, 5.74) is 1.76. The van der Waals surface area contributed by atoms with Crippen molar-refractivity contribution in [2.45, 2.75) is 4.90 Å². The van der Waals surface area contributed by atoms with Crippen LogP contribution >= 0.6 is 23.2 Å². The Morgan fingerprint density at radius 3 is 2.24 bits per heavy atom. The fraction of sp³-hybridized carbons (Fsp3) is 0.208. The highest BCUT2D eigenvalue weighted by Gasteiger charge is 2.29. The van der Waals surface area contributed by atoms with Crippen molar-refractivity contribution in [3.8, 4) is 5.75 Å². The molecule has 0 aliphatic carbocycles. The zero-order chi connectivity index (χ0) is 24.3. The summed E-state index contributed by atoms with van der Waals surface area (Å²) in [4.78, 5) is 14.7. The maximum Gasteiger partial charge on any atom is 0.255 e. The molecule has 1 N–H and O–H groups in total. The van der Waals surface area contributed by atoms with Gasteiger partial charge in [-0.2, -0.15) is 4.31 Å². The number of anilines is 2. The molecule has 4 rings (SSSR count). The molecule has 34 heavy (non-hydrogen) atoms. The molecule has 1 heterocycles. The summed E-state index contributed by atoms with van der Waals surface area (Å²) in [5.74, 6) is 0.388. The molecule has 0 saturated carbocycles. The zero-order valence-electron chi connectivity index (χ0n) is 18.4. The Balaban J connectivity index is 1.41. The number of carbonyl (C=O) groups excluding carboxylic acids is 1. The second kappa shape index (κ2) is 10.2. The number of nitrogens with one attached hydrogen (secondary N) is 1. The Hall–Kier alpha value is -2.78. The first kappa shape index (κ1) is 24.3. The Kier molecular flexibility index (Phi) is 7.33. The summed E-state index contributed by atoms with van der Waals surface area (Å²) >= 11 is 11.9. The zero-order valence-corrected chi connectivity index (χ0v) is 20.7. The van der Waals surface area contributed by atoms with Gasteiger partial charge in [-0.3, -0.25) is 4.79 Å². The van der Waals surface area contributed by atoms with Crippen LogP contribution in [0.3, 0.4) is 0 Å². The average molecular weight is 520 g/mol. The van der Waals surface area contributed by atoms with Gasteiger partial charge in [-0.05, 0) is 54.6 Å². The molecular formula is C24H23Cl2N3O4S. The third-order valence-electron chi connectivity index (χ3n) is 5.60. The normalized spacial score (nSPS) is 14.6. The third-order valence-corrected chi connectivity index (χ3v) is 8.25. The van der Waals surface area contributed by atoms with Gasteiger partial charge in [-0.25, -0.2) is 8.42 Å². The molecule has 0 bridgehead atoms. The van der Waals surface area contributed by atoms with E-state index in [2.05, 4.69) is 10.2 Å². The minimum Gasteiger partial charge on any atom is -0.495 e. The number of sulfonamides is 1. The van der Waals surface area contributed by atoms with Crippen molar-refractivity contribution in [3.63, 3.8) is 0 Å². The number of para-hydroxylation sites is 2. The van der Waals surface area contributed by atoms with E-state index in [1.807, 2.05) is 24.3 Å². The van der Waals surface area contributed by atoms with Crippen molar-refractivity contribution >= 4 is 50.5 Å². The summed E-state index contributed by atoms with van der Waals surface area (Å²) in [6.07, 6.45) is 0. The van der Waals surface area contributed by atoms with Crippen molar-refractivity contribution < 1.29 is 17.9 Å². The topological polar surface area (TPSA) is 79.0 Å². The van der Waals surface area contributed by atoms with Crippen LogP contribution in [-0.2, 0) is 10.0 Å². The van der Waals surface area contributed by atoms with E-state index in [0.717, 1.165) is 11.4 Å². The lowest BCUT2D eigenvalue weighted by atomic mass is 10.2. The van der Waals surface area contributed by atoms with Crippen LogP contribution < -0.4 is 15.0 Å². The standard InChI is InChI=1S/C24H23Cl2N3O4S/c1-33-23-5-3-2-4-22(23)28-12-14-29(15-13-28)34(31,32)19-9-7-18(8-10-19)27-24(30)17-6-11-20(25)21(26)16-17/h2-11,16H,12-15H2,1H3,(H,27,30). The van der Waals surface area contributed by atoms with E-state index in [1.54, 1.807) is 31.4 Å². The van der Waals surface area contributed by atoms with Crippen LogP contribution in [0.15, 0.2) is 71.6 Å². The number of hydrogen-bond donors (Lipinski definition) is 1. The van der Waals surface area contributed by atoms with Gasteiger partial charge in [0.1, 0.15) is 5.75 Å². The number of carbonyl (C=O) groups is 1. The molecule has 0 unspecified atom stereocenters. The lowest BCUT2D eigenvalue weighted by molar-refractivity contribution is 0.102. The molecule has 178 valence electrons. The van der Waals surface area contributed by atoms with E-state index in [4.69, 9.17) is 27.9 Å².